The summed E-state index contributed by atoms with van der Waals surface area (Å²) in [6.45, 7) is 0.367. The van der Waals surface area contributed by atoms with E-state index < -0.39 is 0 Å². The molecule has 0 amide bonds. The molecular weight excluding hydrogens is 323 g/mol. The van der Waals surface area contributed by atoms with Crippen molar-refractivity contribution in [2.75, 3.05) is 12.4 Å². The highest BCUT2D eigenvalue weighted by Crippen LogP contribution is 2.28. The molecule has 2 aromatic carbocycles. The van der Waals surface area contributed by atoms with E-state index in [2.05, 4.69) is 27.3 Å². The first-order valence-electron chi connectivity index (χ1n) is 5.90. The van der Waals surface area contributed by atoms with Gasteiger partial charge in [0.15, 0.2) is 0 Å². The van der Waals surface area contributed by atoms with Gasteiger partial charge < -0.3 is 10.1 Å². The van der Waals surface area contributed by atoms with Gasteiger partial charge in [0.05, 0.1) is 23.2 Å². The van der Waals surface area contributed by atoms with Crippen molar-refractivity contribution >= 4 is 21.6 Å². The zero-order valence-corrected chi connectivity index (χ0v) is 12.4. The van der Waals surface area contributed by atoms with Crippen molar-refractivity contribution < 1.29 is 9.13 Å². The lowest BCUT2D eigenvalue weighted by Crippen LogP contribution is -2.02. The fraction of sp³-hybridized carbons (Fsp3) is 0.133. The predicted molar refractivity (Wildman–Crippen MR) is 79.1 cm³/mol. The summed E-state index contributed by atoms with van der Waals surface area (Å²) in [6, 6.07) is 11.7. The Kier molecular flexibility index (Phi) is 4.59. The van der Waals surface area contributed by atoms with Crippen LogP contribution >= 0.6 is 15.9 Å². The van der Waals surface area contributed by atoms with Crippen LogP contribution in [-0.4, -0.2) is 7.11 Å². The monoisotopic (exact) mass is 334 g/mol. The van der Waals surface area contributed by atoms with Crippen LogP contribution in [0, 0.1) is 17.1 Å². The van der Waals surface area contributed by atoms with Crippen LogP contribution in [0.15, 0.2) is 40.9 Å². The van der Waals surface area contributed by atoms with Crippen LogP contribution in [-0.2, 0) is 6.54 Å². The summed E-state index contributed by atoms with van der Waals surface area (Å²) >= 11 is 3.37. The number of ether oxygens (including phenoxy) is 1. The topological polar surface area (TPSA) is 45.0 Å². The van der Waals surface area contributed by atoms with E-state index in [1.165, 1.54) is 18.2 Å². The van der Waals surface area contributed by atoms with Crippen molar-refractivity contribution in [3.63, 3.8) is 0 Å². The predicted octanol–water partition coefficient (Wildman–Crippen LogP) is 4.08. The minimum absolute atomic E-state index is 0.353. The van der Waals surface area contributed by atoms with Crippen molar-refractivity contribution in [1.29, 1.82) is 5.26 Å². The molecule has 0 unspecified atom stereocenters. The molecule has 0 aromatic heterocycles. The number of hydrogen-bond donors (Lipinski definition) is 1. The SMILES string of the molecule is COc1cc(NCc2cc(F)ccc2C#N)ccc1Br. The minimum Gasteiger partial charge on any atom is -0.495 e. The molecule has 20 heavy (non-hydrogen) atoms. The summed E-state index contributed by atoms with van der Waals surface area (Å²) in [5, 5.41) is 12.1. The third kappa shape index (κ3) is 3.28. The molecule has 0 saturated heterocycles. The Morgan fingerprint density at radius 2 is 2.10 bits per heavy atom. The first-order chi connectivity index (χ1) is 9.63. The van der Waals surface area contributed by atoms with Crippen LogP contribution in [0.4, 0.5) is 10.1 Å². The number of halogens is 2. The van der Waals surface area contributed by atoms with Crippen molar-refractivity contribution in [1.82, 2.24) is 0 Å². The molecule has 0 radical (unpaired) electrons. The Bertz CT molecular complexity index is 667. The maximum Gasteiger partial charge on any atom is 0.135 e. The second kappa shape index (κ2) is 6.40. The van der Waals surface area contributed by atoms with Crippen LogP contribution in [0.2, 0.25) is 0 Å². The van der Waals surface area contributed by atoms with Crippen molar-refractivity contribution in [3.05, 3.63) is 57.8 Å². The third-order valence-electron chi connectivity index (χ3n) is 2.82. The number of methoxy groups -OCH3 is 1. The van der Waals surface area contributed by atoms with Gasteiger partial charge in [0, 0.05) is 18.3 Å². The Balaban J connectivity index is 2.17. The average molecular weight is 335 g/mol. The highest BCUT2D eigenvalue weighted by molar-refractivity contribution is 9.10. The summed E-state index contributed by atoms with van der Waals surface area (Å²) in [6.07, 6.45) is 0. The van der Waals surface area contributed by atoms with Crippen molar-refractivity contribution in [3.8, 4) is 11.8 Å². The summed E-state index contributed by atoms with van der Waals surface area (Å²) in [7, 11) is 1.59. The van der Waals surface area contributed by atoms with Crippen LogP contribution < -0.4 is 10.1 Å². The number of nitriles is 1. The fourth-order valence-corrected chi connectivity index (χ4v) is 2.19. The molecule has 0 fully saturated rings. The third-order valence-corrected chi connectivity index (χ3v) is 3.48. The molecule has 0 saturated carbocycles. The van der Waals surface area contributed by atoms with Gasteiger partial charge in [-0.3, -0.25) is 0 Å². The van der Waals surface area contributed by atoms with Gasteiger partial charge in [-0.15, -0.1) is 0 Å². The quantitative estimate of drug-likeness (QED) is 0.916. The molecule has 102 valence electrons. The summed E-state index contributed by atoms with van der Waals surface area (Å²) in [4.78, 5) is 0. The summed E-state index contributed by atoms with van der Waals surface area (Å²) in [5.74, 6) is 0.351. The summed E-state index contributed by atoms with van der Waals surface area (Å²) in [5.41, 5.74) is 1.91. The van der Waals surface area contributed by atoms with E-state index in [1.807, 2.05) is 18.2 Å². The highest BCUT2D eigenvalue weighted by atomic mass is 79.9. The average Bonchev–Trinajstić information content (AvgIpc) is 2.46. The lowest BCUT2D eigenvalue weighted by atomic mass is 10.1. The molecule has 0 atom stereocenters. The van der Waals surface area contributed by atoms with E-state index in [9.17, 15) is 4.39 Å². The van der Waals surface area contributed by atoms with Gasteiger partial charge in [-0.05, 0) is 51.8 Å². The van der Waals surface area contributed by atoms with E-state index in [4.69, 9.17) is 10.00 Å². The Morgan fingerprint density at radius 1 is 1.30 bits per heavy atom. The standard InChI is InChI=1S/C15H12BrFN2O/c1-20-15-7-13(4-5-14(15)16)19-9-11-6-12(17)3-2-10(11)8-18/h2-7,19H,9H2,1H3. The van der Waals surface area contributed by atoms with Gasteiger partial charge >= 0.3 is 0 Å². The zero-order valence-electron chi connectivity index (χ0n) is 10.8. The number of hydrogen-bond acceptors (Lipinski definition) is 3. The largest absolute Gasteiger partial charge is 0.495 e. The van der Waals surface area contributed by atoms with Crippen LogP contribution in [0.5, 0.6) is 5.75 Å². The highest BCUT2D eigenvalue weighted by Gasteiger charge is 2.05. The first-order valence-corrected chi connectivity index (χ1v) is 6.69. The number of nitrogens with one attached hydrogen (secondary N) is 1. The van der Waals surface area contributed by atoms with E-state index in [-0.39, 0.29) is 5.82 Å². The molecular formula is C15H12BrFN2O. The lowest BCUT2D eigenvalue weighted by molar-refractivity contribution is 0.412. The number of benzene rings is 2. The van der Waals surface area contributed by atoms with Gasteiger partial charge in [-0.25, -0.2) is 4.39 Å². The summed E-state index contributed by atoms with van der Waals surface area (Å²) < 4.78 is 19.3. The van der Waals surface area contributed by atoms with E-state index in [1.54, 1.807) is 7.11 Å². The minimum atomic E-state index is -0.353. The fourth-order valence-electron chi connectivity index (χ4n) is 1.78. The van der Waals surface area contributed by atoms with Gasteiger partial charge in [0.2, 0.25) is 0 Å². The molecule has 0 heterocycles. The van der Waals surface area contributed by atoms with Crippen molar-refractivity contribution in [2.24, 2.45) is 0 Å². The zero-order chi connectivity index (χ0) is 14.5. The molecule has 0 bridgehead atoms. The Labute approximate surface area is 125 Å². The number of rotatable bonds is 4. The molecule has 2 aromatic rings. The van der Waals surface area contributed by atoms with Crippen LogP contribution in [0.1, 0.15) is 11.1 Å². The molecule has 5 heteroatoms. The molecule has 1 N–H and O–H groups in total. The molecule has 0 aliphatic heterocycles. The molecule has 0 aliphatic rings. The maximum absolute atomic E-state index is 13.2. The second-order valence-electron chi connectivity index (χ2n) is 4.12. The molecule has 0 aliphatic carbocycles. The Morgan fingerprint density at radius 3 is 2.80 bits per heavy atom. The number of nitrogens with zero attached hydrogens (tertiary/aromatic N) is 1. The van der Waals surface area contributed by atoms with Gasteiger partial charge in [-0.2, -0.15) is 5.26 Å². The van der Waals surface area contributed by atoms with E-state index >= 15 is 0 Å². The Hall–Kier alpha value is -2.06. The van der Waals surface area contributed by atoms with E-state index in [0.717, 1.165) is 10.2 Å². The van der Waals surface area contributed by atoms with Crippen LogP contribution in [0.25, 0.3) is 0 Å². The maximum atomic E-state index is 13.2. The second-order valence-corrected chi connectivity index (χ2v) is 4.97. The van der Waals surface area contributed by atoms with E-state index in [0.29, 0.717) is 23.4 Å². The molecule has 3 nitrogen and oxygen atoms in total. The van der Waals surface area contributed by atoms with Crippen molar-refractivity contribution in [2.45, 2.75) is 6.54 Å². The van der Waals surface area contributed by atoms with Crippen LogP contribution in [0.3, 0.4) is 0 Å². The number of anilines is 1. The van der Waals surface area contributed by atoms with Gasteiger partial charge in [0.25, 0.3) is 0 Å². The molecule has 2 rings (SSSR count). The van der Waals surface area contributed by atoms with Gasteiger partial charge in [0.1, 0.15) is 11.6 Å². The normalized spacial score (nSPS) is 9.90. The lowest BCUT2D eigenvalue weighted by Gasteiger charge is -2.10. The first kappa shape index (κ1) is 14.4. The molecule has 0 spiro atoms. The van der Waals surface area contributed by atoms with Gasteiger partial charge in [-0.1, -0.05) is 0 Å². The smallest absolute Gasteiger partial charge is 0.135 e.